The van der Waals surface area contributed by atoms with E-state index in [4.69, 9.17) is 0 Å². The molecule has 0 aliphatic rings. The van der Waals surface area contributed by atoms with Gasteiger partial charge >= 0.3 is 11.8 Å². The highest BCUT2D eigenvalue weighted by molar-refractivity contribution is 6.39. The van der Waals surface area contributed by atoms with E-state index in [0.717, 1.165) is 12.0 Å². The Morgan fingerprint density at radius 1 is 1.12 bits per heavy atom. The highest BCUT2D eigenvalue weighted by atomic mass is 16.6. The molecule has 2 N–H and O–H groups in total. The van der Waals surface area contributed by atoms with Gasteiger partial charge in [-0.05, 0) is 35.7 Å². The van der Waals surface area contributed by atoms with Gasteiger partial charge in [0.2, 0.25) is 0 Å². The van der Waals surface area contributed by atoms with Crippen molar-refractivity contribution >= 4 is 29.4 Å². The minimum Gasteiger partial charge on any atom is -0.317 e. The first-order chi connectivity index (χ1) is 12.0. The predicted octanol–water partition coefficient (Wildman–Crippen LogP) is 2.25. The van der Waals surface area contributed by atoms with Crippen LogP contribution in [0.25, 0.3) is 0 Å². The lowest BCUT2D eigenvalue weighted by Crippen LogP contribution is -2.32. The third-order valence-electron chi connectivity index (χ3n) is 3.34. The molecule has 0 unspecified atom stereocenters. The van der Waals surface area contributed by atoms with Crippen molar-refractivity contribution in [3.8, 4) is 0 Å². The van der Waals surface area contributed by atoms with Gasteiger partial charge in [-0.1, -0.05) is 25.1 Å². The fourth-order valence-electron chi connectivity index (χ4n) is 2.03. The number of para-hydroxylation sites is 1. The summed E-state index contributed by atoms with van der Waals surface area (Å²) < 4.78 is 0. The number of nitro benzene ring substituents is 1. The number of carbonyl (C=O) groups excluding carboxylic acids is 2. The Morgan fingerprint density at radius 3 is 2.44 bits per heavy atom. The van der Waals surface area contributed by atoms with E-state index in [0.29, 0.717) is 11.3 Å². The summed E-state index contributed by atoms with van der Waals surface area (Å²) in [5.41, 5.74) is 4.10. The van der Waals surface area contributed by atoms with Gasteiger partial charge in [0.25, 0.3) is 5.69 Å². The van der Waals surface area contributed by atoms with Gasteiger partial charge in [-0.3, -0.25) is 19.7 Å². The first-order valence-electron chi connectivity index (χ1n) is 7.48. The number of hydrazone groups is 1. The van der Waals surface area contributed by atoms with Crippen molar-refractivity contribution in [1.29, 1.82) is 0 Å². The predicted molar refractivity (Wildman–Crippen MR) is 93.3 cm³/mol. The lowest BCUT2D eigenvalue weighted by Gasteiger charge is -2.08. The maximum atomic E-state index is 11.9. The minimum atomic E-state index is -0.913. The second kappa shape index (κ2) is 8.34. The molecule has 0 fully saturated rings. The van der Waals surface area contributed by atoms with Crippen LogP contribution in [0.1, 0.15) is 18.1 Å². The Hall–Kier alpha value is -3.55. The van der Waals surface area contributed by atoms with Crippen molar-refractivity contribution in [1.82, 2.24) is 5.43 Å². The normalized spacial score (nSPS) is 10.4. The third kappa shape index (κ3) is 4.96. The van der Waals surface area contributed by atoms with Crippen molar-refractivity contribution in [3.05, 3.63) is 69.8 Å². The average molecular weight is 340 g/mol. The van der Waals surface area contributed by atoms with Crippen LogP contribution in [0.15, 0.2) is 53.6 Å². The van der Waals surface area contributed by atoms with Crippen LogP contribution in [-0.4, -0.2) is 23.0 Å². The van der Waals surface area contributed by atoms with Gasteiger partial charge in [0.05, 0.1) is 11.1 Å². The Balaban J connectivity index is 1.92. The van der Waals surface area contributed by atoms with Crippen LogP contribution in [0, 0.1) is 10.1 Å². The van der Waals surface area contributed by atoms with Gasteiger partial charge in [-0.25, -0.2) is 5.43 Å². The molecule has 128 valence electrons. The zero-order valence-corrected chi connectivity index (χ0v) is 13.4. The summed E-state index contributed by atoms with van der Waals surface area (Å²) in [7, 11) is 0. The molecule has 2 aromatic carbocycles. The highest BCUT2D eigenvalue weighted by Crippen LogP contribution is 2.15. The van der Waals surface area contributed by atoms with Gasteiger partial charge in [-0.15, -0.1) is 0 Å². The van der Waals surface area contributed by atoms with Crippen molar-refractivity contribution in [2.45, 2.75) is 13.3 Å². The van der Waals surface area contributed by atoms with E-state index in [1.165, 1.54) is 30.5 Å². The van der Waals surface area contributed by atoms with E-state index in [9.17, 15) is 19.7 Å². The Kier molecular flexibility index (Phi) is 5.94. The number of nitrogens with one attached hydrogen (secondary N) is 2. The van der Waals surface area contributed by atoms with E-state index in [-0.39, 0.29) is 5.69 Å². The van der Waals surface area contributed by atoms with Crippen LogP contribution in [0.2, 0.25) is 0 Å². The average Bonchev–Trinajstić information content (AvgIpc) is 2.62. The first-order valence-corrected chi connectivity index (χ1v) is 7.48. The summed E-state index contributed by atoms with van der Waals surface area (Å²) >= 11 is 0. The van der Waals surface area contributed by atoms with E-state index < -0.39 is 16.7 Å². The molecule has 2 rings (SSSR count). The Labute approximate surface area is 143 Å². The van der Waals surface area contributed by atoms with Crippen LogP contribution >= 0.6 is 0 Å². The van der Waals surface area contributed by atoms with Gasteiger partial charge in [0.1, 0.15) is 0 Å². The maximum absolute atomic E-state index is 11.9. The number of aryl methyl sites for hydroxylation is 1. The van der Waals surface area contributed by atoms with Crippen molar-refractivity contribution in [3.63, 3.8) is 0 Å². The topological polar surface area (TPSA) is 114 Å². The zero-order valence-electron chi connectivity index (χ0n) is 13.4. The number of hydrogen-bond donors (Lipinski definition) is 2. The van der Waals surface area contributed by atoms with Crippen molar-refractivity contribution in [2.24, 2.45) is 5.10 Å². The van der Waals surface area contributed by atoms with Crippen LogP contribution in [0.3, 0.4) is 0 Å². The second-order valence-electron chi connectivity index (χ2n) is 5.01. The summed E-state index contributed by atoms with van der Waals surface area (Å²) in [4.78, 5) is 33.7. The molecule has 8 nitrogen and oxygen atoms in total. The standard InChI is InChI=1S/C17H16N4O4/c1-2-13-5-3-4-6-15(13)19-16(22)17(23)20-18-11-12-7-9-14(10-8-12)21(24)25/h3-11H,2H2,1H3,(H,19,22)(H,20,23). The molecule has 0 aliphatic carbocycles. The number of nitrogens with zero attached hydrogens (tertiary/aromatic N) is 2. The largest absolute Gasteiger partial charge is 0.329 e. The molecule has 0 radical (unpaired) electrons. The summed E-state index contributed by atoms with van der Waals surface area (Å²) in [6.07, 6.45) is 2.01. The van der Waals surface area contributed by atoms with Crippen LogP contribution in [-0.2, 0) is 16.0 Å². The van der Waals surface area contributed by atoms with E-state index in [1.807, 2.05) is 19.1 Å². The lowest BCUT2D eigenvalue weighted by atomic mass is 10.1. The molecule has 0 aromatic heterocycles. The Morgan fingerprint density at radius 2 is 1.80 bits per heavy atom. The highest BCUT2D eigenvalue weighted by Gasteiger charge is 2.14. The number of benzene rings is 2. The summed E-state index contributed by atoms with van der Waals surface area (Å²) in [6.45, 7) is 1.94. The number of non-ortho nitro benzene ring substituents is 1. The molecular formula is C17H16N4O4. The van der Waals surface area contributed by atoms with Gasteiger partial charge in [0.15, 0.2) is 0 Å². The van der Waals surface area contributed by atoms with Crippen LogP contribution in [0.4, 0.5) is 11.4 Å². The molecule has 0 bridgehead atoms. The monoisotopic (exact) mass is 340 g/mol. The SMILES string of the molecule is CCc1ccccc1NC(=O)C(=O)NN=Cc1ccc([N+](=O)[O-])cc1. The molecule has 0 spiro atoms. The molecular weight excluding hydrogens is 324 g/mol. The fourth-order valence-corrected chi connectivity index (χ4v) is 2.03. The van der Waals surface area contributed by atoms with E-state index in [1.54, 1.807) is 12.1 Å². The summed E-state index contributed by atoms with van der Waals surface area (Å²) in [6, 6.07) is 12.8. The molecule has 8 heteroatoms. The van der Waals surface area contributed by atoms with Gasteiger partial charge < -0.3 is 5.32 Å². The van der Waals surface area contributed by atoms with Crippen LogP contribution < -0.4 is 10.7 Å². The fraction of sp³-hybridized carbons (Fsp3) is 0.118. The molecule has 0 aliphatic heterocycles. The van der Waals surface area contributed by atoms with E-state index in [2.05, 4.69) is 15.8 Å². The molecule has 0 heterocycles. The number of carbonyl (C=O) groups is 2. The lowest BCUT2D eigenvalue weighted by molar-refractivity contribution is -0.384. The number of rotatable bonds is 5. The first kappa shape index (κ1) is 17.8. The minimum absolute atomic E-state index is 0.0462. The van der Waals surface area contributed by atoms with E-state index >= 15 is 0 Å². The summed E-state index contributed by atoms with van der Waals surface area (Å²) in [5, 5.41) is 16.8. The van der Waals surface area contributed by atoms with Crippen molar-refractivity contribution < 1.29 is 14.5 Å². The second-order valence-corrected chi connectivity index (χ2v) is 5.01. The number of hydrogen-bond acceptors (Lipinski definition) is 5. The third-order valence-corrected chi connectivity index (χ3v) is 3.34. The summed E-state index contributed by atoms with van der Waals surface area (Å²) in [5.74, 6) is -1.74. The molecule has 0 atom stereocenters. The number of amides is 2. The maximum Gasteiger partial charge on any atom is 0.329 e. The Bertz CT molecular complexity index is 816. The smallest absolute Gasteiger partial charge is 0.317 e. The van der Waals surface area contributed by atoms with Crippen LogP contribution in [0.5, 0.6) is 0 Å². The zero-order chi connectivity index (χ0) is 18.2. The van der Waals surface area contributed by atoms with Gasteiger partial charge in [0, 0.05) is 17.8 Å². The van der Waals surface area contributed by atoms with Gasteiger partial charge in [-0.2, -0.15) is 5.10 Å². The quantitative estimate of drug-likeness (QED) is 0.376. The van der Waals surface area contributed by atoms with Crippen molar-refractivity contribution in [2.75, 3.05) is 5.32 Å². The molecule has 25 heavy (non-hydrogen) atoms. The number of anilines is 1. The molecule has 2 aromatic rings. The molecule has 0 saturated carbocycles. The molecule has 0 saturated heterocycles. The molecule has 2 amide bonds. The number of nitro groups is 1.